The molecule has 0 fully saturated rings. The van der Waals surface area contributed by atoms with Crippen LogP contribution in [0.1, 0.15) is 41.5 Å². The van der Waals surface area contributed by atoms with Gasteiger partial charge in [-0.2, -0.15) is 0 Å². The van der Waals surface area contributed by atoms with Crippen molar-refractivity contribution >= 4 is 0 Å². The highest BCUT2D eigenvalue weighted by Gasteiger charge is 2.12. The zero-order valence-corrected chi connectivity index (χ0v) is 10.9. The average molecular weight is 200 g/mol. The summed E-state index contributed by atoms with van der Waals surface area (Å²) in [5.74, 6) is 0. The summed E-state index contributed by atoms with van der Waals surface area (Å²) < 4.78 is 0. The molecule has 2 heteroatoms. The summed E-state index contributed by atoms with van der Waals surface area (Å²) in [6, 6.07) is 0.592. The van der Waals surface area contributed by atoms with E-state index in [9.17, 15) is 0 Å². The predicted octanol–water partition coefficient (Wildman–Crippen LogP) is 2.35. The second kappa shape index (κ2) is 6.41. The van der Waals surface area contributed by atoms with Gasteiger partial charge in [-0.15, -0.1) is 0 Å². The van der Waals surface area contributed by atoms with Crippen molar-refractivity contribution in [1.82, 2.24) is 10.2 Å². The number of rotatable bonds is 6. The van der Waals surface area contributed by atoms with Crippen molar-refractivity contribution in [2.75, 3.05) is 26.2 Å². The van der Waals surface area contributed by atoms with E-state index in [1.54, 1.807) is 0 Å². The largest absolute Gasteiger partial charge is 0.312 e. The first-order chi connectivity index (χ1) is 6.39. The van der Waals surface area contributed by atoms with E-state index in [2.05, 4.69) is 51.8 Å². The Morgan fingerprint density at radius 1 is 1.14 bits per heavy atom. The van der Waals surface area contributed by atoms with Gasteiger partial charge < -0.3 is 10.2 Å². The lowest BCUT2D eigenvalue weighted by atomic mass is 9.96. The van der Waals surface area contributed by atoms with Crippen molar-refractivity contribution in [2.24, 2.45) is 5.41 Å². The lowest BCUT2D eigenvalue weighted by Gasteiger charge is -2.26. The first kappa shape index (κ1) is 13.9. The van der Waals surface area contributed by atoms with E-state index in [1.165, 1.54) is 0 Å². The van der Waals surface area contributed by atoms with Crippen LogP contribution >= 0.6 is 0 Å². The predicted molar refractivity (Wildman–Crippen MR) is 64.7 cm³/mol. The maximum Gasteiger partial charge on any atom is 0.0166 e. The molecule has 1 N–H and O–H groups in total. The fourth-order valence-corrected chi connectivity index (χ4v) is 1.41. The van der Waals surface area contributed by atoms with Crippen LogP contribution < -0.4 is 5.32 Å². The summed E-state index contributed by atoms with van der Waals surface area (Å²) in [6.07, 6.45) is 0. The van der Waals surface area contributed by atoms with Crippen LogP contribution in [0.5, 0.6) is 0 Å². The van der Waals surface area contributed by atoms with Crippen LogP contribution in [0.25, 0.3) is 0 Å². The van der Waals surface area contributed by atoms with Crippen molar-refractivity contribution in [1.29, 1.82) is 0 Å². The van der Waals surface area contributed by atoms with Crippen molar-refractivity contribution in [3.8, 4) is 0 Å². The molecule has 0 amide bonds. The summed E-state index contributed by atoms with van der Waals surface area (Å²) in [4.78, 5) is 2.46. The van der Waals surface area contributed by atoms with Crippen LogP contribution in [0.2, 0.25) is 0 Å². The molecule has 0 rings (SSSR count). The van der Waals surface area contributed by atoms with Crippen LogP contribution in [-0.2, 0) is 0 Å². The number of hydrogen-bond donors (Lipinski definition) is 1. The van der Waals surface area contributed by atoms with Gasteiger partial charge in [-0.3, -0.25) is 0 Å². The van der Waals surface area contributed by atoms with E-state index < -0.39 is 0 Å². The van der Waals surface area contributed by atoms with Crippen molar-refractivity contribution in [2.45, 2.75) is 47.6 Å². The van der Waals surface area contributed by atoms with E-state index >= 15 is 0 Å². The second-order valence-corrected chi connectivity index (χ2v) is 5.33. The molecule has 0 heterocycles. The molecule has 0 aromatic carbocycles. The summed E-state index contributed by atoms with van der Waals surface area (Å²) in [5, 5.41) is 3.58. The number of nitrogens with zero attached hydrogens (tertiary/aromatic N) is 1. The molecule has 0 radical (unpaired) electrons. The first-order valence-corrected chi connectivity index (χ1v) is 5.84. The highest BCUT2D eigenvalue weighted by atomic mass is 15.1. The van der Waals surface area contributed by atoms with Crippen LogP contribution in [0.4, 0.5) is 0 Å². The summed E-state index contributed by atoms with van der Waals surface area (Å²) in [6.45, 7) is 18.1. The maximum absolute atomic E-state index is 3.58. The fourth-order valence-electron chi connectivity index (χ4n) is 1.41. The Bertz CT molecular complexity index is 134. The Morgan fingerprint density at radius 2 is 1.64 bits per heavy atom. The highest BCUT2D eigenvalue weighted by molar-refractivity contribution is 4.71. The molecule has 1 atom stereocenters. The second-order valence-electron chi connectivity index (χ2n) is 5.33. The van der Waals surface area contributed by atoms with Crippen molar-refractivity contribution < 1.29 is 0 Å². The highest BCUT2D eigenvalue weighted by Crippen LogP contribution is 2.10. The monoisotopic (exact) mass is 200 g/mol. The molecule has 0 aromatic rings. The van der Waals surface area contributed by atoms with Gasteiger partial charge in [-0.25, -0.2) is 0 Å². The van der Waals surface area contributed by atoms with E-state index in [0.29, 0.717) is 11.5 Å². The number of likely N-dealkylation sites (N-methyl/N-ethyl adjacent to an activating group) is 1. The molecule has 1 unspecified atom stereocenters. The third-order valence-electron chi connectivity index (χ3n) is 2.41. The first-order valence-electron chi connectivity index (χ1n) is 5.84. The Balaban J connectivity index is 3.69. The van der Waals surface area contributed by atoms with E-state index in [1.807, 2.05) is 0 Å². The van der Waals surface area contributed by atoms with Gasteiger partial charge in [-0.1, -0.05) is 34.6 Å². The average Bonchev–Trinajstić information content (AvgIpc) is 2.09. The van der Waals surface area contributed by atoms with E-state index in [4.69, 9.17) is 0 Å². The number of hydrogen-bond acceptors (Lipinski definition) is 2. The molecule has 0 saturated heterocycles. The zero-order chi connectivity index (χ0) is 11.2. The van der Waals surface area contributed by atoms with Gasteiger partial charge in [0.1, 0.15) is 0 Å². The molecular weight excluding hydrogens is 172 g/mol. The van der Waals surface area contributed by atoms with Crippen molar-refractivity contribution in [3.63, 3.8) is 0 Å². The molecule has 0 aliphatic heterocycles. The zero-order valence-electron chi connectivity index (χ0n) is 10.9. The standard InChI is InChI=1S/C12H28N2/c1-7-14(8-2)9-11(3)13-10-12(4,5)6/h11,13H,7-10H2,1-6H3. The van der Waals surface area contributed by atoms with E-state index in [-0.39, 0.29) is 0 Å². The Morgan fingerprint density at radius 3 is 2.00 bits per heavy atom. The molecule has 0 aliphatic rings. The maximum atomic E-state index is 3.58. The van der Waals surface area contributed by atoms with Gasteiger partial charge in [0.25, 0.3) is 0 Å². The summed E-state index contributed by atoms with van der Waals surface area (Å²) in [7, 11) is 0. The van der Waals surface area contributed by atoms with Gasteiger partial charge >= 0.3 is 0 Å². The quantitative estimate of drug-likeness (QED) is 0.708. The summed E-state index contributed by atoms with van der Waals surface area (Å²) in [5.41, 5.74) is 0.386. The molecule has 86 valence electrons. The Hall–Kier alpha value is -0.0800. The molecule has 0 spiro atoms. The Labute approximate surface area is 90.1 Å². The minimum Gasteiger partial charge on any atom is -0.312 e. The topological polar surface area (TPSA) is 15.3 Å². The summed E-state index contributed by atoms with van der Waals surface area (Å²) >= 11 is 0. The van der Waals surface area contributed by atoms with Crippen LogP contribution in [-0.4, -0.2) is 37.1 Å². The van der Waals surface area contributed by atoms with Gasteiger partial charge in [0.05, 0.1) is 0 Å². The number of nitrogens with one attached hydrogen (secondary N) is 1. The van der Waals surface area contributed by atoms with Crippen LogP contribution in [0.3, 0.4) is 0 Å². The van der Waals surface area contributed by atoms with Crippen LogP contribution in [0, 0.1) is 5.41 Å². The van der Waals surface area contributed by atoms with Crippen molar-refractivity contribution in [3.05, 3.63) is 0 Å². The third kappa shape index (κ3) is 7.34. The van der Waals surface area contributed by atoms with Gasteiger partial charge in [0.2, 0.25) is 0 Å². The minimum absolute atomic E-state index is 0.386. The Kier molecular flexibility index (Phi) is 6.38. The molecule has 0 aromatic heterocycles. The molecule has 0 aliphatic carbocycles. The van der Waals surface area contributed by atoms with Crippen LogP contribution in [0.15, 0.2) is 0 Å². The fraction of sp³-hybridized carbons (Fsp3) is 1.00. The van der Waals surface area contributed by atoms with Gasteiger partial charge in [0, 0.05) is 19.1 Å². The smallest absolute Gasteiger partial charge is 0.0166 e. The third-order valence-corrected chi connectivity index (χ3v) is 2.41. The lowest BCUT2D eigenvalue weighted by molar-refractivity contribution is 0.256. The molecule has 2 nitrogen and oxygen atoms in total. The molecule has 0 bridgehead atoms. The minimum atomic E-state index is 0.386. The molecular formula is C12H28N2. The lowest BCUT2D eigenvalue weighted by Crippen LogP contribution is -2.42. The molecule has 0 saturated carbocycles. The normalized spacial score (nSPS) is 14.8. The van der Waals surface area contributed by atoms with E-state index in [0.717, 1.165) is 26.2 Å². The molecule has 14 heavy (non-hydrogen) atoms. The van der Waals surface area contributed by atoms with Gasteiger partial charge in [-0.05, 0) is 25.4 Å². The van der Waals surface area contributed by atoms with Gasteiger partial charge in [0.15, 0.2) is 0 Å². The SMILES string of the molecule is CCN(CC)CC(C)NCC(C)(C)C.